The summed E-state index contributed by atoms with van der Waals surface area (Å²) in [5.41, 5.74) is 7.39. The highest BCUT2D eigenvalue weighted by Crippen LogP contribution is 2.31. The van der Waals surface area contributed by atoms with E-state index in [1.54, 1.807) is 18.2 Å². The summed E-state index contributed by atoms with van der Waals surface area (Å²) in [6.07, 6.45) is 0.835. The molecule has 1 heterocycles. The second-order valence-corrected chi connectivity index (χ2v) is 4.96. The summed E-state index contributed by atoms with van der Waals surface area (Å²) >= 11 is 0. The minimum atomic E-state index is -0.670. The third kappa shape index (κ3) is 2.90. The van der Waals surface area contributed by atoms with E-state index in [1.807, 2.05) is 30.3 Å². The van der Waals surface area contributed by atoms with Crippen molar-refractivity contribution in [2.45, 2.75) is 12.5 Å². The SMILES string of the molecule is N[C@@H](C(=O)c1ccc2c(c1)OCCCO2)c1ccccc1. The predicted molar refractivity (Wildman–Crippen MR) is 79.7 cm³/mol. The highest BCUT2D eigenvalue weighted by Gasteiger charge is 2.20. The lowest BCUT2D eigenvalue weighted by molar-refractivity contribution is 0.0961. The topological polar surface area (TPSA) is 61.6 Å². The van der Waals surface area contributed by atoms with Gasteiger partial charge in [0, 0.05) is 12.0 Å². The quantitative estimate of drug-likeness (QED) is 0.880. The van der Waals surface area contributed by atoms with Crippen molar-refractivity contribution in [1.82, 2.24) is 0 Å². The summed E-state index contributed by atoms with van der Waals surface area (Å²) < 4.78 is 11.2. The molecule has 4 heteroatoms. The molecule has 0 aliphatic carbocycles. The third-order valence-corrected chi connectivity index (χ3v) is 3.47. The van der Waals surface area contributed by atoms with Crippen molar-refractivity contribution in [3.63, 3.8) is 0 Å². The summed E-state index contributed by atoms with van der Waals surface area (Å²) in [6.45, 7) is 1.22. The molecule has 0 unspecified atom stereocenters. The Morgan fingerprint density at radius 2 is 1.71 bits per heavy atom. The maximum atomic E-state index is 12.5. The molecule has 108 valence electrons. The molecule has 0 bridgehead atoms. The van der Waals surface area contributed by atoms with E-state index in [4.69, 9.17) is 15.2 Å². The second-order valence-electron chi connectivity index (χ2n) is 4.96. The van der Waals surface area contributed by atoms with Crippen LogP contribution in [0.25, 0.3) is 0 Å². The normalized spacial score (nSPS) is 15.1. The number of benzene rings is 2. The van der Waals surface area contributed by atoms with Crippen LogP contribution < -0.4 is 15.2 Å². The number of rotatable bonds is 3. The van der Waals surface area contributed by atoms with E-state index < -0.39 is 6.04 Å². The molecule has 1 aliphatic rings. The standard InChI is InChI=1S/C17H17NO3/c18-16(12-5-2-1-3-6-12)17(19)13-7-8-14-15(11-13)21-10-4-9-20-14/h1-3,5-8,11,16H,4,9-10,18H2/t16-/m1/s1. The lowest BCUT2D eigenvalue weighted by Crippen LogP contribution is -2.21. The van der Waals surface area contributed by atoms with E-state index in [0.717, 1.165) is 12.0 Å². The van der Waals surface area contributed by atoms with Gasteiger partial charge in [-0.2, -0.15) is 0 Å². The molecule has 0 amide bonds. The van der Waals surface area contributed by atoms with Crippen LogP contribution in [0, 0.1) is 0 Å². The van der Waals surface area contributed by atoms with Gasteiger partial charge in [-0.1, -0.05) is 30.3 Å². The summed E-state index contributed by atoms with van der Waals surface area (Å²) in [7, 11) is 0. The van der Waals surface area contributed by atoms with Crippen molar-refractivity contribution in [2.24, 2.45) is 5.73 Å². The monoisotopic (exact) mass is 283 g/mol. The summed E-state index contributed by atoms with van der Waals surface area (Å²) in [5, 5.41) is 0. The molecular formula is C17H17NO3. The zero-order valence-electron chi connectivity index (χ0n) is 11.6. The van der Waals surface area contributed by atoms with Gasteiger partial charge in [-0.25, -0.2) is 0 Å². The molecule has 0 fully saturated rings. The molecule has 0 radical (unpaired) electrons. The zero-order chi connectivity index (χ0) is 14.7. The molecule has 4 nitrogen and oxygen atoms in total. The molecule has 2 aromatic rings. The molecule has 3 rings (SSSR count). The van der Waals surface area contributed by atoms with Gasteiger partial charge in [0.15, 0.2) is 17.3 Å². The van der Waals surface area contributed by atoms with E-state index in [1.165, 1.54) is 0 Å². The molecule has 2 aromatic carbocycles. The zero-order valence-corrected chi connectivity index (χ0v) is 11.6. The van der Waals surface area contributed by atoms with Crippen LogP contribution in [-0.4, -0.2) is 19.0 Å². The highest BCUT2D eigenvalue weighted by molar-refractivity contribution is 6.01. The number of ether oxygens (including phenoxy) is 2. The lowest BCUT2D eigenvalue weighted by atomic mass is 9.98. The number of fused-ring (bicyclic) bond motifs is 1. The molecule has 0 saturated heterocycles. The van der Waals surface area contributed by atoms with Gasteiger partial charge in [-0.05, 0) is 23.8 Å². The number of nitrogens with two attached hydrogens (primary N) is 1. The minimum absolute atomic E-state index is 0.128. The van der Waals surface area contributed by atoms with Gasteiger partial charge < -0.3 is 15.2 Å². The Hall–Kier alpha value is -2.33. The van der Waals surface area contributed by atoms with Crippen LogP contribution in [-0.2, 0) is 0 Å². The first kappa shape index (κ1) is 13.6. The maximum absolute atomic E-state index is 12.5. The highest BCUT2D eigenvalue weighted by atomic mass is 16.5. The van der Waals surface area contributed by atoms with Gasteiger partial charge in [-0.3, -0.25) is 4.79 Å². The summed E-state index contributed by atoms with van der Waals surface area (Å²) in [5.74, 6) is 1.16. The van der Waals surface area contributed by atoms with Crippen LogP contribution in [0.1, 0.15) is 28.4 Å². The lowest BCUT2D eigenvalue weighted by Gasteiger charge is -2.13. The molecule has 0 saturated carbocycles. The van der Waals surface area contributed by atoms with Crippen LogP contribution in [0.15, 0.2) is 48.5 Å². The smallest absolute Gasteiger partial charge is 0.184 e. The molecule has 1 aliphatic heterocycles. The third-order valence-electron chi connectivity index (χ3n) is 3.47. The van der Waals surface area contributed by atoms with E-state index in [0.29, 0.717) is 30.3 Å². The van der Waals surface area contributed by atoms with Crippen molar-refractivity contribution in [2.75, 3.05) is 13.2 Å². The van der Waals surface area contributed by atoms with E-state index >= 15 is 0 Å². The first-order valence-electron chi connectivity index (χ1n) is 7.00. The number of ketones is 1. The minimum Gasteiger partial charge on any atom is -0.490 e. The fourth-order valence-corrected chi connectivity index (χ4v) is 2.31. The van der Waals surface area contributed by atoms with Crippen LogP contribution in [0.3, 0.4) is 0 Å². The van der Waals surface area contributed by atoms with Gasteiger partial charge in [0.2, 0.25) is 0 Å². The van der Waals surface area contributed by atoms with Crippen molar-refractivity contribution < 1.29 is 14.3 Å². The first-order chi connectivity index (χ1) is 10.3. The largest absolute Gasteiger partial charge is 0.490 e. The van der Waals surface area contributed by atoms with E-state index in [-0.39, 0.29) is 5.78 Å². The van der Waals surface area contributed by atoms with Crippen molar-refractivity contribution >= 4 is 5.78 Å². The van der Waals surface area contributed by atoms with Crippen LogP contribution in [0.5, 0.6) is 11.5 Å². The second kappa shape index (κ2) is 5.97. The molecule has 0 aromatic heterocycles. The van der Waals surface area contributed by atoms with Gasteiger partial charge in [0.25, 0.3) is 0 Å². The van der Waals surface area contributed by atoms with E-state index in [2.05, 4.69) is 0 Å². The van der Waals surface area contributed by atoms with Gasteiger partial charge in [0.05, 0.1) is 19.3 Å². The molecule has 1 atom stereocenters. The fourth-order valence-electron chi connectivity index (χ4n) is 2.31. The Morgan fingerprint density at radius 1 is 1.00 bits per heavy atom. The number of hydrogen-bond acceptors (Lipinski definition) is 4. The fraction of sp³-hybridized carbons (Fsp3) is 0.235. The van der Waals surface area contributed by atoms with Gasteiger partial charge >= 0.3 is 0 Å². The van der Waals surface area contributed by atoms with Crippen LogP contribution >= 0.6 is 0 Å². The van der Waals surface area contributed by atoms with E-state index in [9.17, 15) is 4.79 Å². The van der Waals surface area contributed by atoms with Crippen LogP contribution in [0.4, 0.5) is 0 Å². The Morgan fingerprint density at radius 3 is 2.48 bits per heavy atom. The molecule has 2 N–H and O–H groups in total. The molecule has 0 spiro atoms. The Balaban J connectivity index is 1.86. The number of carbonyl (C=O) groups excluding carboxylic acids is 1. The van der Waals surface area contributed by atoms with Gasteiger partial charge in [-0.15, -0.1) is 0 Å². The number of carbonyl (C=O) groups is 1. The van der Waals surface area contributed by atoms with Crippen molar-refractivity contribution in [3.8, 4) is 11.5 Å². The number of Topliss-reactive ketones (excluding diaryl/α,β-unsaturated/α-hetero) is 1. The number of hydrogen-bond donors (Lipinski definition) is 1. The Kier molecular flexibility index (Phi) is 3.88. The van der Waals surface area contributed by atoms with Crippen LogP contribution in [0.2, 0.25) is 0 Å². The predicted octanol–water partition coefficient (Wildman–Crippen LogP) is 2.73. The average Bonchev–Trinajstić information content (AvgIpc) is 2.79. The average molecular weight is 283 g/mol. The maximum Gasteiger partial charge on any atom is 0.184 e. The van der Waals surface area contributed by atoms with Gasteiger partial charge in [0.1, 0.15) is 0 Å². The van der Waals surface area contributed by atoms with Crippen molar-refractivity contribution in [1.29, 1.82) is 0 Å². The Labute approximate surface area is 123 Å². The molecule has 21 heavy (non-hydrogen) atoms. The van der Waals surface area contributed by atoms with Crippen molar-refractivity contribution in [3.05, 3.63) is 59.7 Å². The molecular weight excluding hydrogens is 266 g/mol. The first-order valence-corrected chi connectivity index (χ1v) is 7.00. The summed E-state index contributed by atoms with van der Waals surface area (Å²) in [4.78, 5) is 12.5. The Bertz CT molecular complexity index is 640. The summed E-state index contributed by atoms with van der Waals surface area (Å²) in [6, 6.07) is 13.9.